The van der Waals surface area contributed by atoms with E-state index in [-0.39, 0.29) is 12.1 Å². The maximum Gasteiger partial charge on any atom is 0.282 e. The van der Waals surface area contributed by atoms with Gasteiger partial charge in [-0.25, -0.2) is 4.99 Å². The van der Waals surface area contributed by atoms with Crippen molar-refractivity contribution in [3.8, 4) is 0 Å². The number of nitrogens with zero attached hydrogens (tertiary/aromatic N) is 2. The van der Waals surface area contributed by atoms with Crippen LogP contribution in [0.1, 0.15) is 0 Å². The third kappa shape index (κ3) is 2.58. The molecule has 0 amide bonds. The Morgan fingerprint density at radius 1 is 1.50 bits per heavy atom. The van der Waals surface area contributed by atoms with Crippen LogP contribution >= 0.6 is 11.6 Å². The highest BCUT2D eigenvalue weighted by atomic mass is 35.5. The molecule has 1 aliphatic heterocycles. The first-order valence-electron chi connectivity index (χ1n) is 5.08. The fourth-order valence-corrected chi connectivity index (χ4v) is 1.77. The highest BCUT2D eigenvalue weighted by Crippen LogP contribution is 2.17. The average molecular weight is 240 g/mol. The number of amidine groups is 1. The van der Waals surface area contributed by atoms with Gasteiger partial charge in [-0.15, -0.1) is 0 Å². The molecule has 0 saturated carbocycles. The number of ether oxygens (including phenoxy) is 1. The second-order valence-electron chi connectivity index (χ2n) is 3.79. The van der Waals surface area contributed by atoms with E-state index in [2.05, 4.69) is 9.89 Å². The number of likely N-dealkylation sites (N-methyl/N-ethyl adjacent to an activating group) is 1. The number of hydrogen-bond donors (Lipinski definition) is 1. The van der Waals surface area contributed by atoms with Crippen LogP contribution in [0.4, 0.5) is 5.69 Å². The third-order valence-electron chi connectivity index (χ3n) is 2.49. The second-order valence-corrected chi connectivity index (χ2v) is 4.23. The van der Waals surface area contributed by atoms with Crippen molar-refractivity contribution in [2.24, 2.45) is 10.7 Å². The summed E-state index contributed by atoms with van der Waals surface area (Å²) in [6, 6.07) is 8.10. The summed E-state index contributed by atoms with van der Waals surface area (Å²) in [6.45, 7) is 1.34. The summed E-state index contributed by atoms with van der Waals surface area (Å²) in [6.07, 6.45) is 0. The number of nitrogens with two attached hydrogens (primary N) is 1. The third-order valence-corrected chi connectivity index (χ3v) is 2.74. The van der Waals surface area contributed by atoms with Crippen LogP contribution < -0.4 is 10.6 Å². The number of halogens is 1. The van der Waals surface area contributed by atoms with E-state index < -0.39 is 0 Å². The molecule has 0 bridgehead atoms. The Balaban J connectivity index is 1.97. The molecule has 0 fully saturated rings. The minimum Gasteiger partial charge on any atom is -0.463 e. The number of aliphatic imine (C=N–C) groups is 1. The minimum absolute atomic E-state index is 0.112. The molecular weight excluding hydrogens is 226 g/mol. The molecule has 2 rings (SSSR count). The molecule has 0 aromatic heterocycles. The molecule has 1 aromatic rings. The summed E-state index contributed by atoms with van der Waals surface area (Å²) in [7, 11) is 2.01. The van der Waals surface area contributed by atoms with Crippen LogP contribution in [0.25, 0.3) is 0 Å². The molecule has 1 aliphatic rings. The van der Waals surface area contributed by atoms with Crippen molar-refractivity contribution in [3.63, 3.8) is 0 Å². The number of rotatable bonds is 3. The van der Waals surface area contributed by atoms with Gasteiger partial charge in [-0.1, -0.05) is 11.6 Å². The molecule has 5 heteroatoms. The molecular formula is C11H14ClN3O. The van der Waals surface area contributed by atoms with E-state index in [1.165, 1.54) is 0 Å². The topological polar surface area (TPSA) is 50.9 Å². The lowest BCUT2D eigenvalue weighted by Gasteiger charge is -2.20. The van der Waals surface area contributed by atoms with Gasteiger partial charge in [-0.2, -0.15) is 0 Å². The van der Waals surface area contributed by atoms with E-state index >= 15 is 0 Å². The summed E-state index contributed by atoms with van der Waals surface area (Å²) in [5, 5.41) is 0.739. The lowest BCUT2D eigenvalue weighted by Crippen LogP contribution is -2.28. The summed E-state index contributed by atoms with van der Waals surface area (Å²) in [5.41, 5.74) is 6.55. The smallest absolute Gasteiger partial charge is 0.282 e. The molecule has 16 heavy (non-hydrogen) atoms. The van der Waals surface area contributed by atoms with Crippen LogP contribution in [0.2, 0.25) is 5.02 Å². The molecule has 0 unspecified atom stereocenters. The Bertz CT molecular complexity index is 391. The van der Waals surface area contributed by atoms with E-state index in [1.54, 1.807) is 0 Å². The maximum absolute atomic E-state index is 5.83. The van der Waals surface area contributed by atoms with Crippen LogP contribution in [0.15, 0.2) is 29.3 Å². The highest BCUT2D eigenvalue weighted by molar-refractivity contribution is 6.30. The molecule has 86 valence electrons. The van der Waals surface area contributed by atoms with Gasteiger partial charge in [0.25, 0.3) is 6.02 Å². The number of anilines is 1. The highest BCUT2D eigenvalue weighted by Gasteiger charge is 2.18. The Morgan fingerprint density at radius 3 is 2.75 bits per heavy atom. The van der Waals surface area contributed by atoms with E-state index in [4.69, 9.17) is 22.1 Å². The van der Waals surface area contributed by atoms with Crippen molar-refractivity contribution in [2.45, 2.75) is 6.04 Å². The Kier molecular flexibility index (Phi) is 3.19. The minimum atomic E-state index is 0.112. The van der Waals surface area contributed by atoms with Crippen molar-refractivity contribution in [3.05, 3.63) is 29.3 Å². The monoisotopic (exact) mass is 239 g/mol. The first-order valence-corrected chi connectivity index (χ1v) is 5.46. The van der Waals surface area contributed by atoms with E-state index in [0.717, 1.165) is 17.3 Å². The molecule has 0 aliphatic carbocycles. The van der Waals surface area contributed by atoms with Crippen molar-refractivity contribution >= 4 is 23.3 Å². The number of hydrogen-bond acceptors (Lipinski definition) is 4. The maximum atomic E-state index is 5.83. The molecule has 0 saturated heterocycles. The van der Waals surface area contributed by atoms with Gasteiger partial charge < -0.3 is 15.4 Å². The van der Waals surface area contributed by atoms with Crippen LogP contribution in [0.5, 0.6) is 0 Å². The average Bonchev–Trinajstić information content (AvgIpc) is 2.65. The molecule has 1 heterocycles. The van der Waals surface area contributed by atoms with Crippen LogP contribution in [0, 0.1) is 0 Å². The van der Waals surface area contributed by atoms with Crippen LogP contribution in [0.3, 0.4) is 0 Å². The van der Waals surface area contributed by atoms with Gasteiger partial charge in [-0.05, 0) is 24.3 Å². The van der Waals surface area contributed by atoms with E-state index in [0.29, 0.717) is 6.61 Å². The van der Waals surface area contributed by atoms with Crippen LogP contribution in [-0.4, -0.2) is 32.3 Å². The molecule has 1 aromatic carbocycles. The first-order chi connectivity index (χ1) is 7.65. The summed E-state index contributed by atoms with van der Waals surface area (Å²) in [5.74, 6) is 0. The zero-order chi connectivity index (χ0) is 11.5. The Morgan fingerprint density at radius 2 is 2.19 bits per heavy atom. The van der Waals surface area contributed by atoms with Crippen molar-refractivity contribution in [1.82, 2.24) is 0 Å². The summed E-state index contributed by atoms with van der Waals surface area (Å²) < 4.78 is 5.10. The lowest BCUT2D eigenvalue weighted by atomic mass is 10.2. The quantitative estimate of drug-likeness (QED) is 0.870. The van der Waals surface area contributed by atoms with Gasteiger partial charge in [0.05, 0.1) is 0 Å². The van der Waals surface area contributed by atoms with Gasteiger partial charge in [0.1, 0.15) is 12.6 Å². The van der Waals surface area contributed by atoms with Crippen molar-refractivity contribution in [2.75, 3.05) is 25.1 Å². The van der Waals surface area contributed by atoms with Crippen molar-refractivity contribution in [1.29, 1.82) is 0 Å². The lowest BCUT2D eigenvalue weighted by molar-refractivity contribution is 0.314. The molecule has 0 radical (unpaired) electrons. The SMILES string of the molecule is CN(C[C@H]1COC(N)=N1)c1ccc(Cl)cc1. The zero-order valence-corrected chi connectivity index (χ0v) is 9.81. The van der Waals surface area contributed by atoms with Gasteiger partial charge >= 0.3 is 0 Å². The molecule has 2 N–H and O–H groups in total. The standard InChI is InChI=1S/C11H14ClN3O/c1-15(6-9-7-16-11(13)14-9)10-4-2-8(12)3-5-10/h2-5,9H,6-7H2,1H3,(H2,13,14)/t9-/m0/s1. The first kappa shape index (κ1) is 11.1. The second kappa shape index (κ2) is 4.61. The zero-order valence-electron chi connectivity index (χ0n) is 9.06. The van der Waals surface area contributed by atoms with Gasteiger partial charge in [0.2, 0.25) is 0 Å². The molecule has 0 spiro atoms. The predicted molar refractivity (Wildman–Crippen MR) is 66.1 cm³/mol. The molecule has 4 nitrogen and oxygen atoms in total. The van der Waals surface area contributed by atoms with Crippen molar-refractivity contribution < 1.29 is 4.74 Å². The van der Waals surface area contributed by atoms with Gasteiger partial charge in [0, 0.05) is 24.3 Å². The Labute approximate surface area is 99.7 Å². The van der Waals surface area contributed by atoms with Crippen LogP contribution in [-0.2, 0) is 4.74 Å². The molecule has 1 atom stereocenters. The van der Waals surface area contributed by atoms with E-state index in [1.807, 2.05) is 31.3 Å². The van der Waals surface area contributed by atoms with E-state index in [9.17, 15) is 0 Å². The Hall–Kier alpha value is -1.42. The largest absolute Gasteiger partial charge is 0.463 e. The summed E-state index contributed by atoms with van der Waals surface area (Å²) in [4.78, 5) is 6.28. The predicted octanol–water partition coefficient (Wildman–Crippen LogP) is 1.49. The van der Waals surface area contributed by atoms with Gasteiger partial charge in [-0.3, -0.25) is 0 Å². The fraction of sp³-hybridized carbons (Fsp3) is 0.364. The summed E-state index contributed by atoms with van der Waals surface area (Å²) >= 11 is 5.83. The van der Waals surface area contributed by atoms with Gasteiger partial charge in [0.15, 0.2) is 0 Å². The number of benzene rings is 1. The fourth-order valence-electron chi connectivity index (χ4n) is 1.65. The normalized spacial score (nSPS) is 19.1.